The molecule has 0 saturated heterocycles. The fourth-order valence-electron chi connectivity index (χ4n) is 2.12. The summed E-state index contributed by atoms with van der Waals surface area (Å²) in [5.74, 6) is -0.885. The van der Waals surface area contributed by atoms with Gasteiger partial charge in [-0.3, -0.25) is 9.59 Å². The molecule has 2 aromatic carbocycles. The van der Waals surface area contributed by atoms with E-state index in [1.54, 1.807) is 30.3 Å². The molecule has 0 amide bonds. The fourth-order valence-corrected chi connectivity index (χ4v) is 2.12. The average molecular weight is 252 g/mol. The molecule has 0 aliphatic carbocycles. The molecule has 0 aromatic heterocycles. The molecule has 96 valence electrons. The van der Waals surface area contributed by atoms with Crippen LogP contribution >= 0.6 is 0 Å². The number of ketones is 2. The van der Waals surface area contributed by atoms with Crippen LogP contribution in [-0.2, 0) is 0 Å². The van der Waals surface area contributed by atoms with Crippen LogP contribution < -0.4 is 0 Å². The van der Waals surface area contributed by atoms with Crippen LogP contribution in [0.1, 0.15) is 37.4 Å². The van der Waals surface area contributed by atoms with Gasteiger partial charge in [0.2, 0.25) is 11.6 Å². The Labute approximate surface area is 113 Å². The van der Waals surface area contributed by atoms with Gasteiger partial charge in [-0.05, 0) is 38.0 Å². The lowest BCUT2D eigenvalue weighted by Crippen LogP contribution is -2.16. The van der Waals surface area contributed by atoms with Crippen LogP contribution in [0.25, 0.3) is 0 Å². The number of benzene rings is 2. The Balaban J connectivity index is 2.43. The molecule has 0 fully saturated rings. The Morgan fingerprint density at radius 3 is 2.11 bits per heavy atom. The molecular weight excluding hydrogens is 236 g/mol. The van der Waals surface area contributed by atoms with Crippen LogP contribution in [0, 0.1) is 20.8 Å². The first kappa shape index (κ1) is 13.2. The third-order valence-electron chi connectivity index (χ3n) is 3.30. The van der Waals surface area contributed by atoms with E-state index in [2.05, 4.69) is 0 Å². The zero-order valence-electron chi connectivity index (χ0n) is 11.4. The smallest absolute Gasteiger partial charge is 0.233 e. The first-order valence-corrected chi connectivity index (χ1v) is 6.22. The van der Waals surface area contributed by atoms with E-state index in [1.165, 1.54) is 0 Å². The molecule has 0 aliphatic rings. The van der Waals surface area contributed by atoms with Crippen molar-refractivity contribution in [2.24, 2.45) is 0 Å². The number of rotatable bonds is 3. The molecular formula is C17H16O2. The number of carbonyl (C=O) groups excluding carboxylic acids is 2. The Bertz CT molecular complexity index is 640. The van der Waals surface area contributed by atoms with E-state index in [9.17, 15) is 9.59 Å². The van der Waals surface area contributed by atoms with E-state index in [0.29, 0.717) is 11.1 Å². The lowest BCUT2D eigenvalue weighted by atomic mass is 9.93. The van der Waals surface area contributed by atoms with Crippen molar-refractivity contribution in [1.82, 2.24) is 0 Å². The Morgan fingerprint density at radius 1 is 0.842 bits per heavy atom. The highest BCUT2D eigenvalue weighted by molar-refractivity contribution is 6.49. The minimum Gasteiger partial charge on any atom is -0.285 e. The molecule has 2 nitrogen and oxygen atoms in total. The normalized spacial score (nSPS) is 10.3. The topological polar surface area (TPSA) is 34.1 Å². The quantitative estimate of drug-likeness (QED) is 0.617. The molecule has 0 radical (unpaired) electrons. The molecule has 0 spiro atoms. The molecule has 2 rings (SSSR count). The molecule has 0 aliphatic heterocycles. The molecule has 0 bridgehead atoms. The molecule has 2 heteroatoms. The van der Waals surface area contributed by atoms with E-state index in [0.717, 1.165) is 16.7 Å². The summed E-state index contributed by atoms with van der Waals surface area (Å²) in [6.07, 6.45) is 0. The summed E-state index contributed by atoms with van der Waals surface area (Å²) in [5.41, 5.74) is 3.84. The van der Waals surface area contributed by atoms with Crippen molar-refractivity contribution in [2.45, 2.75) is 20.8 Å². The Hall–Kier alpha value is -2.22. The van der Waals surface area contributed by atoms with Gasteiger partial charge in [-0.15, -0.1) is 0 Å². The molecule has 0 N–H and O–H groups in total. The van der Waals surface area contributed by atoms with Gasteiger partial charge >= 0.3 is 0 Å². The first-order valence-electron chi connectivity index (χ1n) is 6.22. The van der Waals surface area contributed by atoms with Gasteiger partial charge in [-0.25, -0.2) is 0 Å². The predicted molar refractivity (Wildman–Crippen MR) is 75.8 cm³/mol. The van der Waals surface area contributed by atoms with Crippen LogP contribution in [0.15, 0.2) is 42.5 Å². The number of hydrogen-bond acceptors (Lipinski definition) is 2. The van der Waals surface area contributed by atoms with Crippen molar-refractivity contribution in [3.05, 3.63) is 70.3 Å². The van der Waals surface area contributed by atoms with Crippen LogP contribution in [0.3, 0.4) is 0 Å². The van der Waals surface area contributed by atoms with Gasteiger partial charge in [0.15, 0.2) is 0 Å². The highest BCUT2D eigenvalue weighted by Gasteiger charge is 2.20. The van der Waals surface area contributed by atoms with Crippen molar-refractivity contribution in [3.8, 4) is 0 Å². The highest BCUT2D eigenvalue weighted by atomic mass is 16.2. The molecule has 0 heterocycles. The van der Waals surface area contributed by atoms with Crippen molar-refractivity contribution in [3.63, 3.8) is 0 Å². The summed E-state index contributed by atoms with van der Waals surface area (Å²) < 4.78 is 0. The van der Waals surface area contributed by atoms with Crippen LogP contribution in [0.4, 0.5) is 0 Å². The minimum absolute atomic E-state index is 0.435. The highest BCUT2D eigenvalue weighted by Crippen LogP contribution is 2.18. The van der Waals surface area contributed by atoms with Crippen molar-refractivity contribution in [1.29, 1.82) is 0 Å². The first-order chi connectivity index (χ1) is 9.00. The average Bonchev–Trinajstić information content (AvgIpc) is 2.42. The zero-order chi connectivity index (χ0) is 14.0. The van der Waals surface area contributed by atoms with Crippen molar-refractivity contribution >= 4 is 11.6 Å². The van der Waals surface area contributed by atoms with Crippen LogP contribution in [0.5, 0.6) is 0 Å². The second-order valence-electron chi connectivity index (χ2n) is 4.78. The molecule has 0 atom stereocenters. The summed E-state index contributed by atoms with van der Waals surface area (Å²) in [6.45, 7) is 5.75. The van der Waals surface area contributed by atoms with Crippen LogP contribution in [0.2, 0.25) is 0 Å². The second-order valence-corrected chi connectivity index (χ2v) is 4.78. The number of aryl methyl sites for hydroxylation is 2. The van der Waals surface area contributed by atoms with Gasteiger partial charge in [0.05, 0.1) is 0 Å². The van der Waals surface area contributed by atoms with Crippen LogP contribution in [-0.4, -0.2) is 11.6 Å². The van der Waals surface area contributed by atoms with E-state index >= 15 is 0 Å². The summed E-state index contributed by atoms with van der Waals surface area (Å²) >= 11 is 0. The van der Waals surface area contributed by atoms with E-state index in [4.69, 9.17) is 0 Å². The van der Waals surface area contributed by atoms with Gasteiger partial charge in [0.25, 0.3) is 0 Å². The zero-order valence-corrected chi connectivity index (χ0v) is 11.4. The van der Waals surface area contributed by atoms with E-state index in [1.807, 2.05) is 32.9 Å². The minimum atomic E-state index is -0.450. The summed E-state index contributed by atoms with van der Waals surface area (Å²) in [6, 6.07) is 12.5. The number of Topliss-reactive ketones (excluding diaryl/α,β-unsaturated/α-hetero) is 2. The van der Waals surface area contributed by atoms with Crippen molar-refractivity contribution < 1.29 is 9.59 Å². The lowest BCUT2D eigenvalue weighted by molar-refractivity contribution is 0.0816. The lowest BCUT2D eigenvalue weighted by Gasteiger charge is -2.09. The maximum Gasteiger partial charge on any atom is 0.233 e. The second kappa shape index (κ2) is 5.19. The largest absolute Gasteiger partial charge is 0.285 e. The monoisotopic (exact) mass is 252 g/mol. The Kier molecular flexibility index (Phi) is 3.61. The van der Waals surface area contributed by atoms with Crippen molar-refractivity contribution in [2.75, 3.05) is 0 Å². The Morgan fingerprint density at radius 2 is 1.47 bits per heavy atom. The van der Waals surface area contributed by atoms with Gasteiger partial charge in [0.1, 0.15) is 0 Å². The van der Waals surface area contributed by atoms with Gasteiger partial charge in [-0.2, -0.15) is 0 Å². The SMILES string of the molecule is Cc1cc(C)c(C)c(C(=O)C(=O)c2ccccc2)c1. The summed E-state index contributed by atoms with van der Waals surface area (Å²) in [5, 5.41) is 0. The number of carbonyl (C=O) groups is 2. The third kappa shape index (κ3) is 2.63. The predicted octanol–water partition coefficient (Wildman–Crippen LogP) is 3.68. The van der Waals surface area contributed by atoms with Gasteiger partial charge < -0.3 is 0 Å². The summed E-state index contributed by atoms with van der Waals surface area (Å²) in [7, 11) is 0. The number of hydrogen-bond donors (Lipinski definition) is 0. The molecule has 0 unspecified atom stereocenters. The maximum atomic E-state index is 12.3. The van der Waals surface area contributed by atoms with Gasteiger partial charge in [0, 0.05) is 11.1 Å². The standard InChI is InChI=1S/C17H16O2/c1-11-9-12(2)13(3)15(10-11)17(19)16(18)14-7-5-4-6-8-14/h4-10H,1-3H3. The fraction of sp³-hybridized carbons (Fsp3) is 0.176. The van der Waals surface area contributed by atoms with E-state index < -0.39 is 11.6 Å². The maximum absolute atomic E-state index is 12.3. The third-order valence-corrected chi connectivity index (χ3v) is 3.30. The molecule has 19 heavy (non-hydrogen) atoms. The summed E-state index contributed by atoms with van der Waals surface area (Å²) in [4.78, 5) is 24.5. The van der Waals surface area contributed by atoms with E-state index in [-0.39, 0.29) is 0 Å². The molecule has 2 aromatic rings. The molecule has 0 saturated carbocycles. The van der Waals surface area contributed by atoms with Gasteiger partial charge in [-0.1, -0.05) is 42.0 Å².